The van der Waals surface area contributed by atoms with E-state index in [1.54, 1.807) is 12.1 Å². The molecule has 0 saturated carbocycles. The van der Waals surface area contributed by atoms with Gasteiger partial charge in [-0.2, -0.15) is 0 Å². The smallest absolute Gasteiger partial charge is 0.165 e. The molecule has 3 heteroatoms. The average molecular weight is 267 g/mol. The molecule has 108 valence electrons. The molecule has 2 nitrogen and oxygen atoms in total. The molecule has 0 amide bonds. The first kappa shape index (κ1) is 16.0. The molecule has 1 aromatic rings. The van der Waals surface area contributed by atoms with Gasteiger partial charge in [0.1, 0.15) is 0 Å². The predicted molar refractivity (Wildman–Crippen MR) is 78.2 cm³/mol. The van der Waals surface area contributed by atoms with Crippen LogP contribution in [0.25, 0.3) is 0 Å². The summed E-state index contributed by atoms with van der Waals surface area (Å²) in [6.07, 6.45) is 3.04. The van der Waals surface area contributed by atoms with Gasteiger partial charge in [-0.25, -0.2) is 4.39 Å². The van der Waals surface area contributed by atoms with Gasteiger partial charge in [-0.1, -0.05) is 26.8 Å². The van der Waals surface area contributed by atoms with Crippen LogP contribution in [0.5, 0.6) is 5.75 Å². The van der Waals surface area contributed by atoms with E-state index in [1.165, 1.54) is 7.11 Å². The largest absolute Gasteiger partial charge is 0.494 e. The Morgan fingerprint density at radius 2 is 2.00 bits per heavy atom. The second-order valence-corrected chi connectivity index (χ2v) is 6.07. The van der Waals surface area contributed by atoms with Crippen LogP contribution in [0.1, 0.15) is 39.2 Å². The van der Waals surface area contributed by atoms with Gasteiger partial charge in [0.25, 0.3) is 0 Å². The number of aryl methyl sites for hydroxylation is 1. The quantitative estimate of drug-likeness (QED) is 0.846. The maximum Gasteiger partial charge on any atom is 0.165 e. The van der Waals surface area contributed by atoms with Crippen LogP contribution in [0.4, 0.5) is 4.39 Å². The molecule has 0 bridgehead atoms. The number of nitrogens with one attached hydrogen (secondary N) is 1. The first-order valence-electron chi connectivity index (χ1n) is 6.88. The summed E-state index contributed by atoms with van der Waals surface area (Å²) in [6.45, 7) is 6.71. The van der Waals surface area contributed by atoms with E-state index in [4.69, 9.17) is 4.74 Å². The van der Waals surface area contributed by atoms with Crippen molar-refractivity contribution in [3.63, 3.8) is 0 Å². The van der Waals surface area contributed by atoms with Gasteiger partial charge >= 0.3 is 0 Å². The molecule has 1 aromatic carbocycles. The first-order valence-corrected chi connectivity index (χ1v) is 6.88. The van der Waals surface area contributed by atoms with Gasteiger partial charge in [-0.3, -0.25) is 0 Å². The van der Waals surface area contributed by atoms with Crippen molar-refractivity contribution in [2.75, 3.05) is 14.2 Å². The SMILES string of the molecule is CNC(CCCc1ccc(OC)c(F)c1)C(C)(C)C. The Kier molecular flexibility index (Phi) is 5.80. The third-order valence-corrected chi connectivity index (χ3v) is 3.57. The molecule has 0 aromatic heterocycles. The number of ether oxygens (including phenoxy) is 1. The summed E-state index contributed by atoms with van der Waals surface area (Å²) in [7, 11) is 3.49. The van der Waals surface area contributed by atoms with Crippen LogP contribution < -0.4 is 10.1 Å². The molecule has 0 aliphatic rings. The average Bonchev–Trinajstić information content (AvgIpc) is 2.33. The van der Waals surface area contributed by atoms with Crippen molar-refractivity contribution in [2.45, 2.75) is 46.1 Å². The highest BCUT2D eigenvalue weighted by atomic mass is 19.1. The van der Waals surface area contributed by atoms with Crippen LogP contribution in [0.2, 0.25) is 0 Å². The van der Waals surface area contributed by atoms with E-state index >= 15 is 0 Å². The normalized spacial score (nSPS) is 13.4. The zero-order valence-corrected chi connectivity index (χ0v) is 12.7. The Labute approximate surface area is 116 Å². The van der Waals surface area contributed by atoms with Crippen molar-refractivity contribution < 1.29 is 9.13 Å². The van der Waals surface area contributed by atoms with Gasteiger partial charge in [-0.15, -0.1) is 0 Å². The molecule has 0 saturated heterocycles. The van der Waals surface area contributed by atoms with Crippen molar-refractivity contribution in [1.82, 2.24) is 5.32 Å². The van der Waals surface area contributed by atoms with Crippen LogP contribution in [0.15, 0.2) is 18.2 Å². The molecule has 0 fully saturated rings. The lowest BCUT2D eigenvalue weighted by Gasteiger charge is -2.30. The summed E-state index contributed by atoms with van der Waals surface area (Å²) in [5.74, 6) is 0.0348. The summed E-state index contributed by atoms with van der Waals surface area (Å²) in [5, 5.41) is 3.36. The van der Waals surface area contributed by atoms with Gasteiger partial charge in [-0.05, 0) is 49.4 Å². The number of benzene rings is 1. The molecule has 1 unspecified atom stereocenters. The second-order valence-electron chi connectivity index (χ2n) is 6.07. The van der Waals surface area contributed by atoms with E-state index in [0.717, 1.165) is 24.8 Å². The first-order chi connectivity index (χ1) is 8.88. The fourth-order valence-electron chi connectivity index (χ4n) is 2.39. The predicted octanol–water partition coefficient (Wildman–Crippen LogP) is 3.79. The molecule has 19 heavy (non-hydrogen) atoms. The fourth-order valence-corrected chi connectivity index (χ4v) is 2.39. The molecular formula is C16H26FNO. The van der Waals surface area contributed by atoms with Gasteiger partial charge in [0, 0.05) is 6.04 Å². The Hall–Kier alpha value is -1.09. The lowest BCUT2D eigenvalue weighted by molar-refractivity contribution is 0.263. The van der Waals surface area contributed by atoms with Crippen LogP contribution in [-0.4, -0.2) is 20.2 Å². The van der Waals surface area contributed by atoms with E-state index in [0.29, 0.717) is 11.8 Å². The fraction of sp³-hybridized carbons (Fsp3) is 0.625. The molecule has 1 atom stereocenters. The van der Waals surface area contributed by atoms with E-state index in [-0.39, 0.29) is 11.2 Å². The Balaban J connectivity index is 2.51. The summed E-state index contributed by atoms with van der Waals surface area (Å²) in [5.41, 5.74) is 1.28. The third kappa shape index (κ3) is 4.83. The second kappa shape index (κ2) is 6.90. The maximum atomic E-state index is 13.6. The molecule has 1 N–H and O–H groups in total. The minimum atomic E-state index is -0.277. The van der Waals surface area contributed by atoms with Crippen molar-refractivity contribution in [3.8, 4) is 5.75 Å². The van der Waals surface area contributed by atoms with Gasteiger partial charge < -0.3 is 10.1 Å². The van der Waals surface area contributed by atoms with E-state index < -0.39 is 0 Å². The van der Waals surface area contributed by atoms with E-state index in [2.05, 4.69) is 26.1 Å². The number of hydrogen-bond donors (Lipinski definition) is 1. The highest BCUT2D eigenvalue weighted by molar-refractivity contribution is 5.29. The van der Waals surface area contributed by atoms with Crippen LogP contribution in [0.3, 0.4) is 0 Å². The number of rotatable bonds is 6. The highest BCUT2D eigenvalue weighted by Gasteiger charge is 2.22. The van der Waals surface area contributed by atoms with Crippen molar-refractivity contribution >= 4 is 0 Å². The van der Waals surface area contributed by atoms with Gasteiger partial charge in [0.05, 0.1) is 7.11 Å². The standard InChI is InChI=1S/C16H26FNO/c1-16(2,3)15(18-4)8-6-7-12-9-10-14(19-5)13(17)11-12/h9-11,15,18H,6-8H2,1-5H3. The van der Waals surface area contributed by atoms with E-state index in [1.807, 2.05) is 13.1 Å². The van der Waals surface area contributed by atoms with Crippen LogP contribution in [0, 0.1) is 11.2 Å². The zero-order chi connectivity index (χ0) is 14.5. The van der Waals surface area contributed by atoms with Crippen LogP contribution >= 0.6 is 0 Å². The summed E-state index contributed by atoms with van der Waals surface area (Å²) in [4.78, 5) is 0. The van der Waals surface area contributed by atoms with E-state index in [9.17, 15) is 4.39 Å². The molecule has 1 rings (SSSR count). The topological polar surface area (TPSA) is 21.3 Å². The summed E-state index contributed by atoms with van der Waals surface area (Å²) >= 11 is 0. The monoisotopic (exact) mass is 267 g/mol. The minimum Gasteiger partial charge on any atom is -0.494 e. The molecular weight excluding hydrogens is 241 g/mol. The molecule has 0 spiro atoms. The highest BCUT2D eigenvalue weighted by Crippen LogP contribution is 2.24. The number of methoxy groups -OCH3 is 1. The minimum absolute atomic E-state index is 0.250. The Bertz CT molecular complexity index is 398. The summed E-state index contributed by atoms with van der Waals surface area (Å²) in [6, 6.07) is 5.69. The van der Waals surface area contributed by atoms with Crippen molar-refractivity contribution in [2.24, 2.45) is 5.41 Å². The molecule has 0 heterocycles. The lowest BCUT2D eigenvalue weighted by atomic mass is 9.83. The van der Waals surface area contributed by atoms with Crippen molar-refractivity contribution in [3.05, 3.63) is 29.6 Å². The van der Waals surface area contributed by atoms with Gasteiger partial charge in [0.15, 0.2) is 11.6 Å². The Morgan fingerprint density at radius 1 is 1.32 bits per heavy atom. The molecule has 0 aliphatic carbocycles. The van der Waals surface area contributed by atoms with Gasteiger partial charge in [0.2, 0.25) is 0 Å². The molecule has 0 radical (unpaired) electrons. The van der Waals surface area contributed by atoms with Crippen molar-refractivity contribution in [1.29, 1.82) is 0 Å². The van der Waals surface area contributed by atoms with Crippen LogP contribution in [-0.2, 0) is 6.42 Å². The summed E-state index contributed by atoms with van der Waals surface area (Å²) < 4.78 is 18.5. The third-order valence-electron chi connectivity index (χ3n) is 3.57. The maximum absolute atomic E-state index is 13.6. The number of halogens is 1. The zero-order valence-electron chi connectivity index (χ0n) is 12.7. The Morgan fingerprint density at radius 3 is 2.47 bits per heavy atom. The molecule has 0 aliphatic heterocycles. The lowest BCUT2D eigenvalue weighted by Crippen LogP contribution is -2.37. The number of hydrogen-bond acceptors (Lipinski definition) is 2.